The summed E-state index contributed by atoms with van der Waals surface area (Å²) >= 11 is 7.49. The van der Waals surface area contributed by atoms with Gasteiger partial charge in [-0.3, -0.25) is 0 Å². The van der Waals surface area contributed by atoms with Crippen LogP contribution in [0, 0.1) is 0 Å². The monoisotopic (exact) mass is 848 g/mol. The highest BCUT2D eigenvalue weighted by Crippen LogP contribution is 2.52. The van der Waals surface area contributed by atoms with Gasteiger partial charge in [-0.15, -0.1) is 0 Å². The number of hydrogen-bond donors (Lipinski definition) is 0. The summed E-state index contributed by atoms with van der Waals surface area (Å²) in [4.78, 5) is 5.04. The summed E-state index contributed by atoms with van der Waals surface area (Å²) in [7, 11) is 0. The van der Waals surface area contributed by atoms with Gasteiger partial charge in [0.05, 0.1) is 5.69 Å². The third kappa shape index (κ3) is 6.62. The van der Waals surface area contributed by atoms with Gasteiger partial charge in [-0.25, -0.2) is 0 Å². The first kappa shape index (κ1) is 40.5. The van der Waals surface area contributed by atoms with Crippen LogP contribution in [0.3, 0.4) is 0 Å². The van der Waals surface area contributed by atoms with Gasteiger partial charge in [0.25, 0.3) is 6.71 Å². The molecule has 0 unspecified atom stereocenters. The minimum absolute atomic E-state index is 0.0112. The molecule has 0 N–H and O–H groups in total. The number of fused-ring (bicyclic) bond motifs is 5. The largest absolute Gasteiger partial charge is 0.311 e. The number of benzene rings is 8. The molecular formula is C60H54BClN2. The van der Waals surface area contributed by atoms with Gasteiger partial charge in [-0.05, 0) is 139 Å². The zero-order valence-electron chi connectivity index (χ0n) is 38.0. The molecule has 0 saturated carbocycles. The van der Waals surface area contributed by atoms with Crippen LogP contribution >= 0.6 is 11.6 Å². The topological polar surface area (TPSA) is 6.48 Å². The maximum atomic E-state index is 7.49. The second-order valence-corrected chi connectivity index (χ2v) is 21.0. The molecule has 1 aliphatic carbocycles. The van der Waals surface area contributed by atoms with Crippen LogP contribution in [0.15, 0.2) is 176 Å². The van der Waals surface area contributed by atoms with E-state index in [9.17, 15) is 0 Å². The first-order valence-electron chi connectivity index (χ1n) is 22.9. The molecule has 2 aliphatic heterocycles. The van der Waals surface area contributed by atoms with Gasteiger partial charge in [0, 0.05) is 39.0 Å². The Morgan fingerprint density at radius 1 is 0.453 bits per heavy atom. The van der Waals surface area contributed by atoms with Crippen molar-refractivity contribution < 1.29 is 0 Å². The number of halogens is 1. The molecule has 2 nitrogen and oxygen atoms in total. The quantitative estimate of drug-likeness (QED) is 0.159. The van der Waals surface area contributed by atoms with Crippen LogP contribution in [-0.4, -0.2) is 6.71 Å². The summed E-state index contributed by atoms with van der Waals surface area (Å²) < 4.78 is 0. The molecule has 0 spiro atoms. The Kier molecular flexibility index (Phi) is 9.42. The Bertz CT molecular complexity index is 3090. The average molecular weight is 849 g/mol. The van der Waals surface area contributed by atoms with Gasteiger partial charge < -0.3 is 9.80 Å². The Balaban J connectivity index is 1.24. The highest BCUT2D eigenvalue weighted by atomic mass is 35.5. The van der Waals surface area contributed by atoms with Gasteiger partial charge in [0.2, 0.25) is 0 Å². The van der Waals surface area contributed by atoms with Gasteiger partial charge in [-0.2, -0.15) is 0 Å². The van der Waals surface area contributed by atoms with Crippen LogP contribution < -0.4 is 26.2 Å². The van der Waals surface area contributed by atoms with Crippen molar-refractivity contribution in [3.05, 3.63) is 198 Å². The van der Waals surface area contributed by atoms with Crippen LogP contribution in [-0.2, 0) is 16.2 Å². The predicted molar refractivity (Wildman–Crippen MR) is 276 cm³/mol. The smallest absolute Gasteiger partial charge is 0.252 e. The average Bonchev–Trinajstić information content (AvgIpc) is 3.30. The second kappa shape index (κ2) is 14.9. The van der Waals surface area contributed by atoms with E-state index in [1.165, 1.54) is 77.8 Å². The molecule has 0 fully saturated rings. The second-order valence-electron chi connectivity index (χ2n) is 20.6. The molecule has 2 heterocycles. The van der Waals surface area contributed by atoms with E-state index in [4.69, 9.17) is 11.6 Å². The molecule has 8 aromatic rings. The molecule has 3 aliphatic rings. The van der Waals surface area contributed by atoms with Gasteiger partial charge in [0.1, 0.15) is 0 Å². The predicted octanol–water partition coefficient (Wildman–Crippen LogP) is 15.1. The highest BCUT2D eigenvalue weighted by molar-refractivity contribution is 7.00. The van der Waals surface area contributed by atoms with Crippen molar-refractivity contribution in [2.45, 2.75) is 77.6 Å². The zero-order chi connectivity index (χ0) is 44.1. The van der Waals surface area contributed by atoms with Crippen molar-refractivity contribution in [1.82, 2.24) is 0 Å². The van der Waals surface area contributed by atoms with Crippen LogP contribution in [0.2, 0.25) is 5.02 Å². The fraction of sp³-hybridized carbons (Fsp3) is 0.200. The van der Waals surface area contributed by atoms with E-state index < -0.39 is 0 Å². The van der Waals surface area contributed by atoms with E-state index in [2.05, 4.69) is 234 Å². The lowest BCUT2D eigenvalue weighted by Crippen LogP contribution is -2.62. The van der Waals surface area contributed by atoms with Crippen molar-refractivity contribution >= 4 is 68.8 Å². The van der Waals surface area contributed by atoms with Gasteiger partial charge >= 0.3 is 0 Å². The lowest BCUT2D eigenvalue weighted by atomic mass is 9.33. The minimum Gasteiger partial charge on any atom is -0.311 e. The number of rotatable bonds is 5. The van der Waals surface area contributed by atoms with Crippen molar-refractivity contribution in [2.24, 2.45) is 0 Å². The lowest BCUT2D eigenvalue weighted by molar-refractivity contribution is 0.332. The number of nitrogens with zero attached hydrogens (tertiary/aromatic N) is 2. The van der Waals surface area contributed by atoms with Crippen molar-refractivity contribution in [3.63, 3.8) is 0 Å². The molecule has 11 rings (SSSR count). The molecule has 0 saturated heterocycles. The van der Waals surface area contributed by atoms with E-state index in [1.54, 1.807) is 0 Å². The molecule has 0 amide bonds. The van der Waals surface area contributed by atoms with Crippen molar-refractivity contribution in [2.75, 3.05) is 9.80 Å². The Morgan fingerprint density at radius 3 is 1.56 bits per heavy atom. The third-order valence-corrected chi connectivity index (χ3v) is 14.7. The molecule has 0 atom stereocenters. The first-order chi connectivity index (χ1) is 30.8. The SMILES string of the molecule is CC(C)(C)c1ccc(N2c3cc4c(cc3B3c5cc(-c6ccccc6)ccc5N(c5ccc(-c6ccccc6)cc5)c5cc(Cl)cc2c53)C(C)(C)CCC4(C)C)c(-c2ccccc2)c1. The summed E-state index contributed by atoms with van der Waals surface area (Å²) in [6, 6.07) is 65.4. The van der Waals surface area contributed by atoms with E-state index >= 15 is 0 Å². The minimum atomic E-state index is -0.0489. The lowest BCUT2D eigenvalue weighted by Gasteiger charge is -2.47. The van der Waals surface area contributed by atoms with E-state index in [-0.39, 0.29) is 23.0 Å². The standard InChI is InChI=1S/C60H54BClN2/c1-58(2,3)44-26-30-52(47(34-44)42-21-15-10-16-22-42)64-54-38-49-48(59(4,5)31-32-60(49,6)7)37-51(54)61-50-33-43(40-19-13-9-14-20-40)25-29-53(50)63(55-35-45(62)36-56(64)57(55)61)46-27-23-41(24-28-46)39-17-11-8-12-18-39/h8-30,33-38H,31-32H2,1-7H3. The van der Waals surface area contributed by atoms with Gasteiger partial charge in [0.15, 0.2) is 0 Å². The third-order valence-electron chi connectivity index (χ3n) is 14.5. The number of anilines is 6. The fourth-order valence-corrected chi connectivity index (χ4v) is 11.1. The summed E-state index contributed by atoms with van der Waals surface area (Å²) in [5.74, 6) is 0. The molecule has 8 aromatic carbocycles. The summed E-state index contributed by atoms with van der Waals surface area (Å²) in [5, 5.41) is 0.711. The van der Waals surface area contributed by atoms with Crippen molar-refractivity contribution in [3.8, 4) is 33.4 Å². The first-order valence-corrected chi connectivity index (χ1v) is 23.3. The Hall–Kier alpha value is -6.29. The zero-order valence-corrected chi connectivity index (χ0v) is 38.8. The van der Waals surface area contributed by atoms with Crippen LogP contribution in [0.1, 0.15) is 78.0 Å². The normalized spacial score (nSPS) is 15.5. The fourth-order valence-electron chi connectivity index (χ4n) is 10.9. The van der Waals surface area contributed by atoms with Crippen LogP contribution in [0.25, 0.3) is 33.4 Å². The van der Waals surface area contributed by atoms with E-state index in [0.717, 1.165) is 35.6 Å². The summed E-state index contributed by atoms with van der Waals surface area (Å²) in [5.41, 5.74) is 22.2. The Labute approximate surface area is 385 Å². The van der Waals surface area contributed by atoms with Crippen molar-refractivity contribution in [1.29, 1.82) is 0 Å². The molecule has 64 heavy (non-hydrogen) atoms. The molecule has 0 aromatic heterocycles. The molecule has 0 bridgehead atoms. The number of hydrogen-bond acceptors (Lipinski definition) is 2. The molecule has 4 heteroatoms. The Morgan fingerprint density at radius 2 is 0.953 bits per heavy atom. The summed E-state index contributed by atoms with van der Waals surface area (Å²) in [6.07, 6.45) is 2.28. The van der Waals surface area contributed by atoms with Crippen LogP contribution in [0.4, 0.5) is 34.1 Å². The molecule has 0 radical (unpaired) electrons. The maximum absolute atomic E-state index is 7.49. The van der Waals surface area contributed by atoms with Gasteiger partial charge in [-0.1, -0.05) is 187 Å². The molecule has 314 valence electrons. The van der Waals surface area contributed by atoms with E-state index in [0.29, 0.717) is 5.02 Å². The molecular weight excluding hydrogens is 795 g/mol. The summed E-state index contributed by atoms with van der Waals surface area (Å²) in [6.45, 7) is 16.7. The highest BCUT2D eigenvalue weighted by Gasteiger charge is 2.47. The van der Waals surface area contributed by atoms with Crippen LogP contribution in [0.5, 0.6) is 0 Å². The maximum Gasteiger partial charge on any atom is 0.252 e. The van der Waals surface area contributed by atoms with E-state index in [1.807, 2.05) is 0 Å².